The van der Waals surface area contributed by atoms with Crippen molar-refractivity contribution in [2.45, 2.75) is 25.6 Å². The first kappa shape index (κ1) is 12.2. The molecule has 0 spiro atoms. The average molecular weight is 270 g/mol. The Morgan fingerprint density at radius 3 is 2.33 bits per heavy atom. The maximum absolute atomic E-state index is 11.7. The van der Waals surface area contributed by atoms with Crippen LogP contribution in [0.5, 0.6) is 0 Å². The van der Waals surface area contributed by atoms with Crippen LogP contribution in [0.15, 0.2) is 18.2 Å². The summed E-state index contributed by atoms with van der Waals surface area (Å²) in [4.78, 5) is 12.0. The third-order valence-corrected chi connectivity index (χ3v) is 2.35. The number of benzene rings is 1. The van der Waals surface area contributed by atoms with Gasteiger partial charge in [0.2, 0.25) is 0 Å². The maximum Gasteiger partial charge on any atom is 0.251 e. The SMILES string of the molecule is Cc1cc(C)cc(C(=O)NCC(C)Br)c1. The molecule has 1 unspecified atom stereocenters. The van der Waals surface area contributed by atoms with Crippen LogP contribution in [0, 0.1) is 13.8 Å². The van der Waals surface area contributed by atoms with Gasteiger partial charge in [0.15, 0.2) is 0 Å². The number of nitrogens with one attached hydrogen (secondary N) is 1. The van der Waals surface area contributed by atoms with Crippen LogP contribution in [-0.4, -0.2) is 17.3 Å². The maximum atomic E-state index is 11.7. The zero-order valence-electron chi connectivity index (χ0n) is 9.30. The highest BCUT2D eigenvalue weighted by Gasteiger charge is 2.06. The molecular formula is C12H16BrNO. The van der Waals surface area contributed by atoms with E-state index in [-0.39, 0.29) is 5.91 Å². The van der Waals surface area contributed by atoms with Crippen molar-refractivity contribution >= 4 is 21.8 Å². The molecule has 0 aromatic heterocycles. The van der Waals surface area contributed by atoms with Crippen molar-refractivity contribution in [3.8, 4) is 0 Å². The highest BCUT2D eigenvalue weighted by atomic mass is 79.9. The van der Waals surface area contributed by atoms with E-state index in [1.807, 2.05) is 32.9 Å². The molecule has 0 radical (unpaired) electrons. The summed E-state index contributed by atoms with van der Waals surface area (Å²) in [5.74, 6) is -0.00639. The summed E-state index contributed by atoms with van der Waals surface area (Å²) in [6.07, 6.45) is 0. The molecule has 15 heavy (non-hydrogen) atoms. The summed E-state index contributed by atoms with van der Waals surface area (Å²) in [5, 5.41) is 2.87. The van der Waals surface area contributed by atoms with Crippen LogP contribution in [-0.2, 0) is 0 Å². The van der Waals surface area contributed by atoms with Crippen LogP contribution in [0.25, 0.3) is 0 Å². The highest BCUT2D eigenvalue weighted by molar-refractivity contribution is 9.09. The molecule has 0 heterocycles. The lowest BCUT2D eigenvalue weighted by atomic mass is 10.1. The molecule has 1 aromatic rings. The van der Waals surface area contributed by atoms with Crippen LogP contribution in [0.3, 0.4) is 0 Å². The Balaban J connectivity index is 2.73. The summed E-state index contributed by atoms with van der Waals surface area (Å²) in [6.45, 7) is 6.64. The predicted octanol–water partition coefficient (Wildman–Crippen LogP) is 2.82. The van der Waals surface area contributed by atoms with Gasteiger partial charge in [0.05, 0.1) is 0 Å². The normalized spacial score (nSPS) is 12.3. The second-order valence-corrected chi connectivity index (χ2v) is 5.43. The van der Waals surface area contributed by atoms with Crippen molar-refractivity contribution in [3.63, 3.8) is 0 Å². The second kappa shape index (κ2) is 5.31. The number of alkyl halides is 1. The quantitative estimate of drug-likeness (QED) is 0.841. The molecule has 1 N–H and O–H groups in total. The molecule has 82 valence electrons. The van der Waals surface area contributed by atoms with Crippen LogP contribution < -0.4 is 5.32 Å². The van der Waals surface area contributed by atoms with Gasteiger partial charge in [0.1, 0.15) is 0 Å². The third-order valence-electron chi connectivity index (χ3n) is 2.03. The van der Waals surface area contributed by atoms with Gasteiger partial charge in [-0.3, -0.25) is 4.79 Å². The van der Waals surface area contributed by atoms with Crippen molar-refractivity contribution in [2.75, 3.05) is 6.54 Å². The summed E-state index contributed by atoms with van der Waals surface area (Å²) < 4.78 is 0. The van der Waals surface area contributed by atoms with Crippen LogP contribution >= 0.6 is 15.9 Å². The Morgan fingerprint density at radius 2 is 1.87 bits per heavy atom. The predicted molar refractivity (Wildman–Crippen MR) is 66.6 cm³/mol. The molecule has 0 fully saturated rings. The first-order valence-corrected chi connectivity index (χ1v) is 5.91. The minimum absolute atomic E-state index is 0.00639. The largest absolute Gasteiger partial charge is 0.351 e. The Kier molecular flexibility index (Phi) is 4.33. The monoisotopic (exact) mass is 269 g/mol. The van der Waals surface area contributed by atoms with Crippen LogP contribution in [0.1, 0.15) is 28.4 Å². The molecule has 2 nitrogen and oxygen atoms in total. The fourth-order valence-electron chi connectivity index (χ4n) is 1.44. The Hall–Kier alpha value is -0.830. The van der Waals surface area contributed by atoms with Gasteiger partial charge in [0, 0.05) is 16.9 Å². The summed E-state index contributed by atoms with van der Waals surface area (Å²) in [6, 6.07) is 5.87. The molecule has 0 saturated heterocycles. The third kappa shape index (κ3) is 4.04. The topological polar surface area (TPSA) is 29.1 Å². The fraction of sp³-hybridized carbons (Fsp3) is 0.417. The summed E-state index contributed by atoms with van der Waals surface area (Å²) >= 11 is 3.39. The fourth-order valence-corrected chi connectivity index (χ4v) is 1.60. The molecule has 1 atom stereocenters. The van der Waals surface area contributed by atoms with Gasteiger partial charge in [-0.05, 0) is 26.0 Å². The lowest BCUT2D eigenvalue weighted by molar-refractivity contribution is 0.0954. The van der Waals surface area contributed by atoms with Gasteiger partial charge < -0.3 is 5.32 Å². The molecule has 0 aliphatic rings. The van der Waals surface area contributed by atoms with E-state index in [1.54, 1.807) is 0 Å². The lowest BCUT2D eigenvalue weighted by Crippen LogP contribution is -2.28. The lowest BCUT2D eigenvalue weighted by Gasteiger charge is -2.08. The van der Waals surface area contributed by atoms with E-state index in [9.17, 15) is 4.79 Å². The molecule has 0 aliphatic heterocycles. The van der Waals surface area contributed by atoms with Gasteiger partial charge >= 0.3 is 0 Å². The molecule has 1 amide bonds. The number of carbonyl (C=O) groups is 1. The number of hydrogen-bond donors (Lipinski definition) is 1. The van der Waals surface area contributed by atoms with E-state index in [2.05, 4.69) is 27.3 Å². The standard InChI is InChI=1S/C12H16BrNO/c1-8-4-9(2)6-11(5-8)12(15)14-7-10(3)13/h4-6,10H,7H2,1-3H3,(H,14,15). The van der Waals surface area contributed by atoms with Gasteiger partial charge in [-0.25, -0.2) is 0 Å². The number of aryl methyl sites for hydroxylation is 2. The Labute approximate surface area is 99.2 Å². The van der Waals surface area contributed by atoms with Gasteiger partial charge in [-0.2, -0.15) is 0 Å². The van der Waals surface area contributed by atoms with E-state index in [0.717, 1.165) is 16.7 Å². The van der Waals surface area contributed by atoms with Crippen molar-refractivity contribution < 1.29 is 4.79 Å². The zero-order valence-corrected chi connectivity index (χ0v) is 10.9. The second-order valence-electron chi connectivity index (χ2n) is 3.87. The Morgan fingerprint density at radius 1 is 1.33 bits per heavy atom. The summed E-state index contributed by atoms with van der Waals surface area (Å²) in [5.41, 5.74) is 2.97. The average Bonchev–Trinajstić information content (AvgIpc) is 2.12. The molecular weight excluding hydrogens is 254 g/mol. The molecule has 0 bridgehead atoms. The first-order chi connectivity index (χ1) is 6.99. The van der Waals surface area contributed by atoms with E-state index in [1.165, 1.54) is 0 Å². The minimum atomic E-state index is -0.00639. The van der Waals surface area contributed by atoms with Crippen molar-refractivity contribution in [2.24, 2.45) is 0 Å². The molecule has 1 aromatic carbocycles. The molecule has 0 aliphatic carbocycles. The van der Waals surface area contributed by atoms with Crippen molar-refractivity contribution in [1.29, 1.82) is 0 Å². The van der Waals surface area contributed by atoms with Gasteiger partial charge in [-0.15, -0.1) is 0 Å². The van der Waals surface area contributed by atoms with Crippen molar-refractivity contribution in [3.05, 3.63) is 34.9 Å². The Bertz CT molecular complexity index is 340. The van der Waals surface area contributed by atoms with Crippen LogP contribution in [0.4, 0.5) is 0 Å². The van der Waals surface area contributed by atoms with Crippen LogP contribution in [0.2, 0.25) is 0 Å². The smallest absolute Gasteiger partial charge is 0.251 e. The van der Waals surface area contributed by atoms with Crippen molar-refractivity contribution in [1.82, 2.24) is 5.32 Å². The molecule has 3 heteroatoms. The van der Waals surface area contributed by atoms with E-state index < -0.39 is 0 Å². The van der Waals surface area contributed by atoms with E-state index >= 15 is 0 Å². The minimum Gasteiger partial charge on any atom is -0.351 e. The molecule has 1 rings (SSSR count). The highest BCUT2D eigenvalue weighted by Crippen LogP contribution is 2.08. The number of carbonyl (C=O) groups excluding carboxylic acids is 1. The zero-order chi connectivity index (χ0) is 11.4. The van der Waals surface area contributed by atoms with Gasteiger partial charge in [-0.1, -0.05) is 40.0 Å². The number of amides is 1. The van der Waals surface area contributed by atoms with E-state index in [0.29, 0.717) is 11.4 Å². The van der Waals surface area contributed by atoms with E-state index in [4.69, 9.17) is 0 Å². The number of rotatable bonds is 3. The number of hydrogen-bond acceptors (Lipinski definition) is 1. The molecule has 0 saturated carbocycles. The summed E-state index contributed by atoms with van der Waals surface area (Å²) in [7, 11) is 0. The first-order valence-electron chi connectivity index (χ1n) is 4.99. The van der Waals surface area contributed by atoms with Gasteiger partial charge in [0.25, 0.3) is 5.91 Å². The number of halogens is 1.